The lowest BCUT2D eigenvalue weighted by molar-refractivity contribution is -0.138. The minimum Gasteiger partial charge on any atom is -0.497 e. The maximum Gasteiger partial charge on any atom is 0.416 e. The number of morpholine rings is 1. The van der Waals surface area contributed by atoms with Crippen LogP contribution in [0.15, 0.2) is 42.6 Å². The van der Waals surface area contributed by atoms with Crippen LogP contribution in [0.1, 0.15) is 34.0 Å². The normalized spacial score (nSPS) is 15.7. The Kier molecular flexibility index (Phi) is 8.69. The molecule has 2 aliphatic heterocycles. The number of methoxy groups -OCH3 is 1. The average molecular weight is 600 g/mol. The first kappa shape index (κ1) is 30.0. The smallest absolute Gasteiger partial charge is 0.416 e. The Morgan fingerprint density at radius 2 is 1.91 bits per heavy atom. The zero-order valence-electron chi connectivity index (χ0n) is 24.0. The van der Waals surface area contributed by atoms with E-state index in [0.29, 0.717) is 61.6 Å². The van der Waals surface area contributed by atoms with E-state index in [9.17, 15) is 22.8 Å². The third kappa shape index (κ3) is 6.49. The standard InChI is InChI=1S/C29H32F3N7O4/c1-4-38-25-20(15-34-27(33-2)36-25)17-39(28(38)41)22-12-21(13-23(14-22)42-3)35-26(40)18-5-6-19(24(11-18)29(30,31)32)16-37-7-9-43-10-8-37/h5-6,11-15H,4,7-10,16-17H2,1-3H3,(H,35,40)(H,33,34,36). The fourth-order valence-corrected chi connectivity index (χ4v) is 5.08. The van der Waals surface area contributed by atoms with Crippen molar-refractivity contribution in [2.24, 2.45) is 0 Å². The number of hydrogen-bond donors (Lipinski definition) is 2. The number of amides is 3. The Balaban J connectivity index is 1.41. The van der Waals surface area contributed by atoms with E-state index < -0.39 is 17.6 Å². The van der Waals surface area contributed by atoms with Gasteiger partial charge in [-0.25, -0.2) is 9.78 Å². The van der Waals surface area contributed by atoms with Crippen molar-refractivity contribution in [3.8, 4) is 5.75 Å². The molecule has 2 aromatic carbocycles. The monoisotopic (exact) mass is 599 g/mol. The molecule has 3 heterocycles. The molecule has 1 fully saturated rings. The van der Waals surface area contributed by atoms with Gasteiger partial charge < -0.3 is 20.1 Å². The molecule has 0 atom stereocenters. The lowest BCUT2D eigenvalue weighted by atomic mass is 10.0. The molecule has 43 heavy (non-hydrogen) atoms. The van der Waals surface area contributed by atoms with Crippen LogP contribution in [0.4, 0.5) is 41.1 Å². The molecule has 1 saturated heterocycles. The Labute approximate surface area is 246 Å². The second kappa shape index (κ2) is 12.4. The highest BCUT2D eigenvalue weighted by Crippen LogP contribution is 2.36. The van der Waals surface area contributed by atoms with Crippen LogP contribution in [0.5, 0.6) is 5.75 Å². The second-order valence-corrected chi connectivity index (χ2v) is 10.0. The topological polar surface area (TPSA) is 112 Å². The van der Waals surface area contributed by atoms with Crippen molar-refractivity contribution in [1.29, 1.82) is 0 Å². The predicted molar refractivity (Wildman–Crippen MR) is 155 cm³/mol. The van der Waals surface area contributed by atoms with Crippen molar-refractivity contribution in [2.75, 3.05) is 67.4 Å². The van der Waals surface area contributed by atoms with Crippen molar-refractivity contribution >= 4 is 35.1 Å². The molecule has 228 valence electrons. The van der Waals surface area contributed by atoms with Gasteiger partial charge in [-0.1, -0.05) is 6.07 Å². The van der Waals surface area contributed by atoms with Gasteiger partial charge in [-0.2, -0.15) is 18.2 Å². The highest BCUT2D eigenvalue weighted by atomic mass is 19.4. The van der Waals surface area contributed by atoms with Crippen LogP contribution < -0.4 is 25.2 Å². The summed E-state index contributed by atoms with van der Waals surface area (Å²) in [5.41, 5.74) is 0.446. The van der Waals surface area contributed by atoms with Gasteiger partial charge in [-0.15, -0.1) is 0 Å². The van der Waals surface area contributed by atoms with E-state index in [2.05, 4.69) is 20.6 Å². The molecule has 0 unspecified atom stereocenters. The summed E-state index contributed by atoms with van der Waals surface area (Å²) in [5, 5.41) is 5.54. The van der Waals surface area contributed by atoms with E-state index in [1.807, 2.05) is 11.8 Å². The van der Waals surface area contributed by atoms with Crippen molar-refractivity contribution < 1.29 is 32.2 Å². The summed E-state index contributed by atoms with van der Waals surface area (Å²) in [6.07, 6.45) is -3.01. The Morgan fingerprint density at radius 3 is 2.58 bits per heavy atom. The third-order valence-corrected chi connectivity index (χ3v) is 7.30. The van der Waals surface area contributed by atoms with Crippen LogP contribution in [0.2, 0.25) is 0 Å². The number of nitrogens with zero attached hydrogens (tertiary/aromatic N) is 5. The van der Waals surface area contributed by atoms with Gasteiger partial charge in [-0.3, -0.25) is 19.5 Å². The van der Waals surface area contributed by atoms with E-state index in [-0.39, 0.29) is 35.9 Å². The molecule has 0 bridgehead atoms. The van der Waals surface area contributed by atoms with Gasteiger partial charge in [0.1, 0.15) is 11.6 Å². The number of alkyl halides is 3. The number of nitrogens with one attached hydrogen (secondary N) is 2. The van der Waals surface area contributed by atoms with Gasteiger partial charge in [-0.05, 0) is 30.7 Å². The fourth-order valence-electron chi connectivity index (χ4n) is 5.08. The first-order chi connectivity index (χ1) is 20.6. The van der Waals surface area contributed by atoms with E-state index in [0.717, 1.165) is 6.07 Å². The Bertz CT molecular complexity index is 1510. The first-order valence-corrected chi connectivity index (χ1v) is 13.7. The molecule has 14 heteroatoms. The third-order valence-electron chi connectivity index (χ3n) is 7.30. The molecule has 11 nitrogen and oxygen atoms in total. The van der Waals surface area contributed by atoms with E-state index in [4.69, 9.17) is 9.47 Å². The summed E-state index contributed by atoms with van der Waals surface area (Å²) >= 11 is 0. The Morgan fingerprint density at radius 1 is 1.14 bits per heavy atom. The number of halogens is 3. The Hall–Kier alpha value is -4.43. The van der Waals surface area contributed by atoms with Crippen LogP contribution in [0, 0.1) is 0 Å². The molecule has 1 aromatic heterocycles. The summed E-state index contributed by atoms with van der Waals surface area (Å²) < 4.78 is 52.8. The number of carbonyl (C=O) groups is 2. The maximum atomic E-state index is 14.0. The molecule has 5 rings (SSSR count). The van der Waals surface area contributed by atoms with Gasteiger partial charge in [0.25, 0.3) is 5.91 Å². The first-order valence-electron chi connectivity index (χ1n) is 13.7. The van der Waals surface area contributed by atoms with E-state index >= 15 is 0 Å². The predicted octanol–water partition coefficient (Wildman–Crippen LogP) is 4.60. The number of hydrogen-bond acceptors (Lipinski definition) is 8. The lowest BCUT2D eigenvalue weighted by Gasteiger charge is -2.35. The molecular formula is C29H32F3N7O4. The number of carbonyl (C=O) groups excluding carboxylic acids is 2. The zero-order valence-corrected chi connectivity index (χ0v) is 24.0. The van der Waals surface area contributed by atoms with Gasteiger partial charge in [0.15, 0.2) is 0 Å². The van der Waals surface area contributed by atoms with Gasteiger partial charge in [0, 0.05) is 68.4 Å². The summed E-state index contributed by atoms with van der Waals surface area (Å²) in [6.45, 7) is 4.41. The molecule has 0 spiro atoms. The highest BCUT2D eigenvalue weighted by molar-refractivity contribution is 6.07. The summed E-state index contributed by atoms with van der Waals surface area (Å²) in [7, 11) is 3.12. The number of benzene rings is 2. The van der Waals surface area contributed by atoms with Crippen LogP contribution in [0.25, 0.3) is 0 Å². The molecule has 3 aromatic rings. The number of aromatic nitrogens is 2. The van der Waals surface area contributed by atoms with Crippen LogP contribution in [-0.4, -0.2) is 73.8 Å². The fraction of sp³-hybridized carbons (Fsp3) is 0.379. The molecule has 3 amide bonds. The number of urea groups is 1. The average Bonchev–Trinajstić information content (AvgIpc) is 3.00. The number of rotatable bonds is 8. The minimum atomic E-state index is -4.64. The summed E-state index contributed by atoms with van der Waals surface area (Å²) in [4.78, 5) is 40.3. The number of fused-ring (bicyclic) bond motifs is 1. The van der Waals surface area contributed by atoms with Crippen LogP contribution >= 0.6 is 0 Å². The summed E-state index contributed by atoms with van der Waals surface area (Å²) in [6, 6.07) is 7.98. The van der Waals surface area contributed by atoms with Gasteiger partial charge >= 0.3 is 12.2 Å². The van der Waals surface area contributed by atoms with Crippen molar-refractivity contribution in [2.45, 2.75) is 26.2 Å². The molecule has 2 aliphatic rings. The molecule has 2 N–H and O–H groups in total. The SMILES string of the molecule is CCN1C(=O)N(c2cc(NC(=O)c3ccc(CN4CCOCC4)c(C(F)(F)F)c3)cc(OC)c2)Cc2cnc(NC)nc21. The number of anilines is 4. The van der Waals surface area contributed by atoms with E-state index in [1.54, 1.807) is 25.4 Å². The second-order valence-electron chi connectivity index (χ2n) is 10.0. The quantitative estimate of drug-likeness (QED) is 0.387. The zero-order chi connectivity index (χ0) is 30.7. The molecular weight excluding hydrogens is 567 g/mol. The summed E-state index contributed by atoms with van der Waals surface area (Å²) in [5.74, 6) is 0.485. The van der Waals surface area contributed by atoms with E-state index in [1.165, 1.54) is 35.1 Å². The maximum absolute atomic E-state index is 14.0. The highest BCUT2D eigenvalue weighted by Gasteiger charge is 2.35. The van der Waals surface area contributed by atoms with Crippen molar-refractivity contribution in [1.82, 2.24) is 14.9 Å². The van der Waals surface area contributed by atoms with Crippen LogP contribution in [0.3, 0.4) is 0 Å². The van der Waals surface area contributed by atoms with Gasteiger partial charge in [0.2, 0.25) is 5.95 Å². The van der Waals surface area contributed by atoms with Crippen molar-refractivity contribution in [3.63, 3.8) is 0 Å². The van der Waals surface area contributed by atoms with Gasteiger partial charge in [0.05, 0.1) is 38.1 Å². The largest absolute Gasteiger partial charge is 0.497 e. The molecule has 0 radical (unpaired) electrons. The molecule has 0 aliphatic carbocycles. The molecule has 0 saturated carbocycles. The van der Waals surface area contributed by atoms with Crippen molar-refractivity contribution in [3.05, 3.63) is 64.8 Å². The lowest BCUT2D eigenvalue weighted by Crippen LogP contribution is -2.48. The van der Waals surface area contributed by atoms with Crippen LogP contribution in [-0.2, 0) is 24.0 Å². The minimum absolute atomic E-state index is 0.0878. The number of ether oxygens (including phenoxy) is 2.